The molecule has 5 nitrogen and oxygen atoms in total. The second-order valence-corrected chi connectivity index (χ2v) is 8.57. The molecule has 0 bridgehead atoms. The highest BCUT2D eigenvalue weighted by molar-refractivity contribution is 5.96. The summed E-state index contributed by atoms with van der Waals surface area (Å²) in [5.41, 5.74) is 1.44. The quantitative estimate of drug-likeness (QED) is 0.780. The molecule has 3 rings (SSSR count). The molecule has 1 saturated carbocycles. The molecule has 0 radical (unpaired) electrons. The van der Waals surface area contributed by atoms with Gasteiger partial charge in [0.15, 0.2) is 0 Å². The lowest BCUT2D eigenvalue weighted by molar-refractivity contribution is -0.129. The number of rotatable bonds is 6. The van der Waals surface area contributed by atoms with E-state index in [4.69, 9.17) is 0 Å². The Labute approximate surface area is 164 Å². The fraction of sp³-hybridized carbons (Fsp3) is 0.619. The molecule has 0 unspecified atom stereocenters. The zero-order valence-corrected chi connectivity index (χ0v) is 16.9. The Bertz CT molecular complexity index is 775. The Hall–Kier alpha value is -2.18. The van der Waals surface area contributed by atoms with Crippen molar-refractivity contribution in [2.45, 2.75) is 57.9 Å². The summed E-state index contributed by atoms with van der Waals surface area (Å²) in [4.78, 5) is 26.6. The van der Waals surface area contributed by atoms with Crippen LogP contribution in [0.1, 0.15) is 61.9 Å². The molecule has 1 aliphatic heterocycles. The molecule has 2 aliphatic rings. The number of benzene rings is 1. The lowest BCUT2D eigenvalue weighted by atomic mass is 9.84. The lowest BCUT2D eigenvalue weighted by Crippen LogP contribution is -2.50. The number of carbonyl (C=O) groups excluding carboxylic acids is 2. The number of nitrogens with one attached hydrogen (secondary N) is 2. The maximum absolute atomic E-state index is 13.7. The standard InChI is InChI=1S/C21H29F2N3O2/c1-13(20(2,3)19(28)24-4)25-18(27)15-7-8-16(14-5-6-14)17(11-15)26-10-9-21(22,23)12-26/h7-8,11,13-14H,5-6,9-10,12H2,1-4H3,(H,24,28)(H,25,27)/t13-/m0/s1. The largest absolute Gasteiger partial charge is 0.365 e. The van der Waals surface area contributed by atoms with E-state index in [0.29, 0.717) is 11.5 Å². The first-order chi connectivity index (χ1) is 13.0. The van der Waals surface area contributed by atoms with Crippen LogP contribution < -0.4 is 15.5 Å². The highest BCUT2D eigenvalue weighted by Crippen LogP contribution is 2.46. The van der Waals surface area contributed by atoms with E-state index in [2.05, 4.69) is 10.6 Å². The van der Waals surface area contributed by atoms with Crippen LogP contribution in [0.4, 0.5) is 14.5 Å². The fourth-order valence-electron chi connectivity index (χ4n) is 3.62. The summed E-state index contributed by atoms with van der Waals surface area (Å²) in [6.07, 6.45) is 1.95. The smallest absolute Gasteiger partial charge is 0.266 e. The van der Waals surface area contributed by atoms with Gasteiger partial charge in [0.2, 0.25) is 5.91 Å². The SMILES string of the molecule is CNC(=O)C(C)(C)[C@H](C)NC(=O)c1ccc(C2CC2)c(N2CCC(F)(F)C2)c1. The van der Waals surface area contributed by atoms with E-state index in [0.717, 1.165) is 24.1 Å². The number of carbonyl (C=O) groups is 2. The number of alkyl halides is 2. The average molecular weight is 393 g/mol. The molecule has 28 heavy (non-hydrogen) atoms. The van der Waals surface area contributed by atoms with Crippen molar-refractivity contribution in [2.75, 3.05) is 25.0 Å². The van der Waals surface area contributed by atoms with Crippen LogP contribution in [-0.4, -0.2) is 43.9 Å². The van der Waals surface area contributed by atoms with E-state index < -0.39 is 17.4 Å². The van der Waals surface area contributed by atoms with Gasteiger partial charge in [0.1, 0.15) is 0 Å². The zero-order chi connectivity index (χ0) is 20.7. The summed E-state index contributed by atoms with van der Waals surface area (Å²) in [5.74, 6) is -2.76. The first kappa shape index (κ1) is 20.6. The number of amides is 2. The van der Waals surface area contributed by atoms with Crippen molar-refractivity contribution in [3.63, 3.8) is 0 Å². The molecule has 0 spiro atoms. The molecule has 154 valence electrons. The van der Waals surface area contributed by atoms with Crippen LogP contribution in [0.5, 0.6) is 0 Å². The topological polar surface area (TPSA) is 61.4 Å². The second-order valence-electron chi connectivity index (χ2n) is 8.57. The van der Waals surface area contributed by atoms with Crippen molar-refractivity contribution in [2.24, 2.45) is 5.41 Å². The molecule has 2 N–H and O–H groups in total. The first-order valence-electron chi connectivity index (χ1n) is 9.85. The second kappa shape index (κ2) is 7.33. The summed E-state index contributed by atoms with van der Waals surface area (Å²) < 4.78 is 27.5. The normalized spacial score (nSPS) is 20.0. The minimum absolute atomic E-state index is 0.162. The molecule has 1 saturated heterocycles. The van der Waals surface area contributed by atoms with Gasteiger partial charge < -0.3 is 15.5 Å². The van der Waals surface area contributed by atoms with Gasteiger partial charge >= 0.3 is 0 Å². The highest BCUT2D eigenvalue weighted by atomic mass is 19.3. The van der Waals surface area contributed by atoms with Gasteiger partial charge in [-0.15, -0.1) is 0 Å². The summed E-state index contributed by atoms with van der Waals surface area (Å²) in [6.45, 7) is 5.30. The third-order valence-electron chi connectivity index (χ3n) is 6.06. The van der Waals surface area contributed by atoms with Gasteiger partial charge in [-0.2, -0.15) is 0 Å². The van der Waals surface area contributed by atoms with Crippen molar-refractivity contribution in [1.82, 2.24) is 10.6 Å². The van der Waals surface area contributed by atoms with Crippen LogP contribution >= 0.6 is 0 Å². The first-order valence-corrected chi connectivity index (χ1v) is 9.85. The lowest BCUT2D eigenvalue weighted by Gasteiger charge is -2.30. The van der Waals surface area contributed by atoms with Crippen LogP contribution in [-0.2, 0) is 4.79 Å². The molecule has 7 heteroatoms. The minimum Gasteiger partial charge on any atom is -0.365 e. The number of halogens is 2. The maximum Gasteiger partial charge on any atom is 0.266 e. The molecule has 1 aromatic carbocycles. The summed E-state index contributed by atoms with van der Waals surface area (Å²) >= 11 is 0. The summed E-state index contributed by atoms with van der Waals surface area (Å²) in [5, 5.41) is 5.50. The Balaban J connectivity index is 1.81. The van der Waals surface area contributed by atoms with Crippen LogP contribution in [0, 0.1) is 5.41 Å². The molecule has 2 fully saturated rings. The number of hydrogen-bond donors (Lipinski definition) is 2. The van der Waals surface area contributed by atoms with E-state index in [1.54, 1.807) is 44.9 Å². The Morgan fingerprint density at radius 3 is 2.50 bits per heavy atom. The van der Waals surface area contributed by atoms with Crippen LogP contribution in [0.25, 0.3) is 0 Å². The molecule has 1 heterocycles. The fourth-order valence-corrected chi connectivity index (χ4v) is 3.62. The zero-order valence-electron chi connectivity index (χ0n) is 16.9. The Morgan fingerprint density at radius 2 is 1.96 bits per heavy atom. The summed E-state index contributed by atoms with van der Waals surface area (Å²) in [7, 11) is 1.56. The molecule has 1 aliphatic carbocycles. The van der Waals surface area contributed by atoms with Gasteiger partial charge in [-0.3, -0.25) is 9.59 Å². The van der Waals surface area contributed by atoms with Crippen molar-refractivity contribution in [3.05, 3.63) is 29.3 Å². The molecule has 0 aromatic heterocycles. The average Bonchev–Trinajstić information content (AvgIpc) is 3.43. The van der Waals surface area contributed by atoms with Crippen LogP contribution in [0.2, 0.25) is 0 Å². The minimum atomic E-state index is -2.69. The van der Waals surface area contributed by atoms with E-state index in [1.165, 1.54) is 0 Å². The van der Waals surface area contributed by atoms with E-state index in [-0.39, 0.29) is 31.3 Å². The predicted octanol–water partition coefficient (Wildman–Crippen LogP) is 3.30. The van der Waals surface area contributed by atoms with Gasteiger partial charge in [-0.05, 0) is 57.2 Å². The number of hydrogen-bond acceptors (Lipinski definition) is 3. The van der Waals surface area contributed by atoms with E-state index >= 15 is 0 Å². The summed E-state index contributed by atoms with van der Waals surface area (Å²) in [6, 6.07) is 4.97. The molecule has 1 aromatic rings. The third-order valence-corrected chi connectivity index (χ3v) is 6.06. The predicted molar refractivity (Wildman–Crippen MR) is 105 cm³/mol. The Morgan fingerprint density at radius 1 is 1.29 bits per heavy atom. The van der Waals surface area contributed by atoms with Gasteiger partial charge in [0.25, 0.3) is 11.8 Å². The number of nitrogens with zero attached hydrogens (tertiary/aromatic N) is 1. The van der Waals surface area contributed by atoms with Crippen LogP contribution in [0.3, 0.4) is 0 Å². The molecular weight excluding hydrogens is 364 g/mol. The van der Waals surface area contributed by atoms with Crippen molar-refractivity contribution < 1.29 is 18.4 Å². The van der Waals surface area contributed by atoms with Gasteiger partial charge in [0.05, 0.1) is 12.0 Å². The molecular formula is C21H29F2N3O2. The van der Waals surface area contributed by atoms with Crippen LogP contribution in [0.15, 0.2) is 18.2 Å². The van der Waals surface area contributed by atoms with Crippen molar-refractivity contribution >= 4 is 17.5 Å². The Kier molecular flexibility index (Phi) is 5.38. The monoisotopic (exact) mass is 393 g/mol. The van der Waals surface area contributed by atoms with Gasteiger partial charge in [-0.1, -0.05) is 6.07 Å². The van der Waals surface area contributed by atoms with E-state index in [9.17, 15) is 18.4 Å². The molecule has 1 atom stereocenters. The van der Waals surface area contributed by atoms with Gasteiger partial charge in [0, 0.05) is 37.3 Å². The van der Waals surface area contributed by atoms with E-state index in [1.807, 2.05) is 6.07 Å². The maximum atomic E-state index is 13.7. The highest BCUT2D eigenvalue weighted by Gasteiger charge is 2.40. The van der Waals surface area contributed by atoms with Crippen molar-refractivity contribution in [1.29, 1.82) is 0 Å². The van der Waals surface area contributed by atoms with Crippen molar-refractivity contribution in [3.8, 4) is 0 Å². The third kappa shape index (κ3) is 4.13. The van der Waals surface area contributed by atoms with Gasteiger partial charge in [-0.25, -0.2) is 8.78 Å². The number of anilines is 1. The molecule has 2 amide bonds.